The van der Waals surface area contributed by atoms with Crippen LogP contribution in [-0.4, -0.2) is 26.1 Å². The van der Waals surface area contributed by atoms with Gasteiger partial charge in [0.2, 0.25) is 0 Å². The fraction of sp³-hybridized carbons (Fsp3) is 0.250. The van der Waals surface area contributed by atoms with Crippen molar-refractivity contribution in [2.75, 3.05) is 0 Å². The summed E-state index contributed by atoms with van der Waals surface area (Å²) in [6.07, 6.45) is 1.39. The minimum atomic E-state index is -0.891. The van der Waals surface area contributed by atoms with Crippen molar-refractivity contribution in [3.8, 4) is 5.69 Å². The lowest BCUT2D eigenvalue weighted by atomic mass is 10.1. The van der Waals surface area contributed by atoms with Crippen LogP contribution in [-0.2, 0) is 11.2 Å². The second kappa shape index (κ2) is 4.37. The Labute approximate surface area is 98.7 Å². The van der Waals surface area contributed by atoms with Crippen molar-refractivity contribution in [3.05, 3.63) is 41.2 Å². The summed E-state index contributed by atoms with van der Waals surface area (Å²) in [5, 5.41) is 16.5. The third kappa shape index (κ3) is 2.50. The minimum Gasteiger partial charge on any atom is -0.481 e. The molecule has 1 N–H and O–H groups in total. The predicted octanol–water partition coefficient (Wildman–Crippen LogP) is 1.51. The predicted molar refractivity (Wildman–Crippen MR) is 62.2 cm³/mol. The van der Waals surface area contributed by atoms with Crippen molar-refractivity contribution in [2.24, 2.45) is 0 Å². The lowest BCUT2D eigenvalue weighted by molar-refractivity contribution is -0.136. The minimum absolute atomic E-state index is 0.0833. The highest BCUT2D eigenvalue weighted by Gasteiger charge is 2.10. The molecular formula is C12H13N3O2. The average Bonchev–Trinajstić information content (AvgIpc) is 2.63. The summed E-state index contributed by atoms with van der Waals surface area (Å²) < 4.78 is 1.56. The Bertz CT molecular complexity index is 540. The van der Waals surface area contributed by atoms with Crippen molar-refractivity contribution < 1.29 is 9.90 Å². The molecule has 0 unspecified atom stereocenters. The molecule has 1 aromatic carbocycles. The van der Waals surface area contributed by atoms with Gasteiger partial charge in [-0.1, -0.05) is 11.3 Å². The lowest BCUT2D eigenvalue weighted by Gasteiger charge is -2.07. The first-order valence-corrected chi connectivity index (χ1v) is 5.26. The molecule has 0 aliphatic rings. The largest absolute Gasteiger partial charge is 0.481 e. The first-order valence-electron chi connectivity index (χ1n) is 5.26. The number of hydrogen-bond donors (Lipinski definition) is 1. The van der Waals surface area contributed by atoms with Gasteiger partial charge in [-0.25, -0.2) is 4.68 Å². The average molecular weight is 231 g/mol. The van der Waals surface area contributed by atoms with E-state index in [0.29, 0.717) is 5.69 Å². The van der Waals surface area contributed by atoms with E-state index in [1.165, 1.54) is 6.20 Å². The van der Waals surface area contributed by atoms with E-state index in [1.807, 2.05) is 26.0 Å². The molecule has 0 fully saturated rings. The molecule has 0 saturated carbocycles. The van der Waals surface area contributed by atoms with Gasteiger partial charge < -0.3 is 5.11 Å². The zero-order chi connectivity index (χ0) is 12.4. The second-order valence-electron chi connectivity index (χ2n) is 4.05. The Balaban J connectivity index is 2.45. The lowest BCUT2D eigenvalue weighted by Crippen LogP contribution is -2.08. The Hall–Kier alpha value is -2.17. The van der Waals surface area contributed by atoms with E-state index in [4.69, 9.17) is 5.11 Å². The van der Waals surface area contributed by atoms with Gasteiger partial charge in [-0.15, -0.1) is 5.10 Å². The molecule has 1 aromatic heterocycles. The van der Waals surface area contributed by atoms with Gasteiger partial charge in [0.1, 0.15) is 0 Å². The van der Waals surface area contributed by atoms with Crippen molar-refractivity contribution in [1.82, 2.24) is 15.0 Å². The number of rotatable bonds is 3. The molecule has 0 aliphatic heterocycles. The number of aryl methyl sites for hydroxylation is 2. The van der Waals surface area contributed by atoms with Crippen molar-refractivity contribution in [2.45, 2.75) is 20.3 Å². The molecule has 0 aliphatic carbocycles. The third-order valence-electron chi connectivity index (χ3n) is 2.40. The van der Waals surface area contributed by atoms with Crippen LogP contribution in [0.1, 0.15) is 16.8 Å². The molecule has 0 radical (unpaired) electrons. The first kappa shape index (κ1) is 11.3. The molecule has 2 aromatic rings. The molecule has 1 heterocycles. The Kier molecular flexibility index (Phi) is 2.91. The van der Waals surface area contributed by atoms with Crippen LogP contribution in [0.25, 0.3) is 5.69 Å². The summed E-state index contributed by atoms with van der Waals surface area (Å²) in [6.45, 7) is 3.98. The fourth-order valence-corrected chi connectivity index (χ4v) is 1.82. The van der Waals surface area contributed by atoms with Crippen LogP contribution < -0.4 is 0 Å². The third-order valence-corrected chi connectivity index (χ3v) is 2.40. The van der Waals surface area contributed by atoms with Crippen LogP contribution in [0.2, 0.25) is 0 Å². The number of nitrogens with zero attached hydrogens (tertiary/aromatic N) is 3. The molecule has 2 rings (SSSR count). The SMILES string of the molecule is Cc1cc(C)cc(-n2nncc2CC(=O)O)c1. The number of benzene rings is 1. The maximum Gasteiger partial charge on any atom is 0.309 e. The number of carbonyl (C=O) groups is 1. The second-order valence-corrected chi connectivity index (χ2v) is 4.05. The highest BCUT2D eigenvalue weighted by Crippen LogP contribution is 2.14. The molecule has 17 heavy (non-hydrogen) atoms. The van der Waals surface area contributed by atoms with Gasteiger partial charge in [-0.05, 0) is 37.1 Å². The van der Waals surface area contributed by atoms with Gasteiger partial charge in [-0.2, -0.15) is 0 Å². The summed E-state index contributed by atoms with van der Waals surface area (Å²) in [5.74, 6) is -0.891. The number of aliphatic carboxylic acids is 1. The zero-order valence-corrected chi connectivity index (χ0v) is 9.71. The summed E-state index contributed by atoms with van der Waals surface area (Å²) in [4.78, 5) is 10.7. The van der Waals surface area contributed by atoms with Crippen LogP contribution >= 0.6 is 0 Å². The van der Waals surface area contributed by atoms with Gasteiger partial charge >= 0.3 is 5.97 Å². The Morgan fingerprint density at radius 1 is 1.29 bits per heavy atom. The van der Waals surface area contributed by atoms with Gasteiger partial charge in [0.25, 0.3) is 0 Å². The van der Waals surface area contributed by atoms with Crippen LogP contribution in [0.3, 0.4) is 0 Å². The van der Waals surface area contributed by atoms with Gasteiger partial charge in [0, 0.05) is 0 Å². The Morgan fingerprint density at radius 2 is 1.94 bits per heavy atom. The van der Waals surface area contributed by atoms with Crippen molar-refractivity contribution in [3.63, 3.8) is 0 Å². The monoisotopic (exact) mass is 231 g/mol. The molecule has 0 amide bonds. The molecule has 0 atom stereocenters. The van der Waals surface area contributed by atoms with Crippen molar-refractivity contribution >= 4 is 5.97 Å². The normalized spacial score (nSPS) is 10.5. The van der Waals surface area contributed by atoms with Gasteiger partial charge in [-0.3, -0.25) is 4.79 Å². The van der Waals surface area contributed by atoms with Crippen LogP contribution in [0.4, 0.5) is 0 Å². The van der Waals surface area contributed by atoms with Gasteiger partial charge in [0.15, 0.2) is 0 Å². The molecule has 0 bridgehead atoms. The van der Waals surface area contributed by atoms with E-state index in [0.717, 1.165) is 16.8 Å². The van der Waals surface area contributed by atoms with E-state index in [9.17, 15) is 4.79 Å². The quantitative estimate of drug-likeness (QED) is 0.869. The number of aromatic nitrogens is 3. The molecule has 0 spiro atoms. The van der Waals surface area contributed by atoms with E-state index in [2.05, 4.69) is 16.4 Å². The molecule has 88 valence electrons. The molecule has 5 nitrogen and oxygen atoms in total. The summed E-state index contributed by atoms with van der Waals surface area (Å²) in [6, 6.07) is 5.96. The topological polar surface area (TPSA) is 68.0 Å². The smallest absolute Gasteiger partial charge is 0.309 e. The molecular weight excluding hydrogens is 218 g/mol. The highest BCUT2D eigenvalue weighted by molar-refractivity contribution is 5.69. The van der Waals surface area contributed by atoms with Crippen LogP contribution in [0.15, 0.2) is 24.4 Å². The van der Waals surface area contributed by atoms with E-state index < -0.39 is 5.97 Å². The summed E-state index contributed by atoms with van der Waals surface area (Å²) in [5.41, 5.74) is 3.63. The maximum atomic E-state index is 10.7. The highest BCUT2D eigenvalue weighted by atomic mass is 16.4. The number of hydrogen-bond acceptors (Lipinski definition) is 3. The maximum absolute atomic E-state index is 10.7. The van der Waals surface area contributed by atoms with E-state index in [1.54, 1.807) is 4.68 Å². The fourth-order valence-electron chi connectivity index (χ4n) is 1.82. The van der Waals surface area contributed by atoms with E-state index >= 15 is 0 Å². The standard InChI is InChI=1S/C12H13N3O2/c1-8-3-9(2)5-10(4-8)15-11(6-12(16)17)7-13-14-15/h3-5,7H,6H2,1-2H3,(H,16,17). The molecule has 5 heteroatoms. The van der Waals surface area contributed by atoms with E-state index in [-0.39, 0.29) is 6.42 Å². The number of carboxylic acid groups (broad SMARTS) is 1. The summed E-state index contributed by atoms with van der Waals surface area (Å²) in [7, 11) is 0. The summed E-state index contributed by atoms with van der Waals surface area (Å²) >= 11 is 0. The number of carboxylic acids is 1. The van der Waals surface area contributed by atoms with Gasteiger partial charge in [0.05, 0.1) is 24.0 Å². The van der Waals surface area contributed by atoms with Crippen molar-refractivity contribution in [1.29, 1.82) is 0 Å². The molecule has 0 saturated heterocycles. The van der Waals surface area contributed by atoms with Crippen LogP contribution in [0.5, 0.6) is 0 Å². The zero-order valence-electron chi connectivity index (χ0n) is 9.71. The Morgan fingerprint density at radius 3 is 2.53 bits per heavy atom. The van der Waals surface area contributed by atoms with Crippen LogP contribution in [0, 0.1) is 13.8 Å². The first-order chi connectivity index (χ1) is 8.06.